The molecule has 0 unspecified atom stereocenters. The van der Waals surface area contributed by atoms with E-state index in [0.717, 1.165) is 5.57 Å². The van der Waals surface area contributed by atoms with Crippen molar-refractivity contribution in [1.29, 1.82) is 0 Å². The van der Waals surface area contributed by atoms with Crippen LogP contribution in [0.1, 0.15) is 23.6 Å². The van der Waals surface area contributed by atoms with Crippen molar-refractivity contribution < 1.29 is 5.11 Å². The summed E-state index contributed by atoms with van der Waals surface area (Å²) < 4.78 is 0. The van der Waals surface area contributed by atoms with Gasteiger partial charge in [0.15, 0.2) is 0 Å². The highest BCUT2D eigenvalue weighted by Gasteiger charge is 2.01. The largest absolute Gasteiger partial charge is 0.392 e. The molecule has 1 heteroatoms. The maximum absolute atomic E-state index is 8.78. The molecule has 13 heavy (non-hydrogen) atoms. The van der Waals surface area contributed by atoms with Crippen LogP contribution in [0.25, 0.3) is 5.57 Å². The Morgan fingerprint density at radius 3 is 2.69 bits per heavy atom. The van der Waals surface area contributed by atoms with Gasteiger partial charge in [0.2, 0.25) is 0 Å². The summed E-state index contributed by atoms with van der Waals surface area (Å²) >= 11 is 0. The van der Waals surface area contributed by atoms with E-state index in [1.54, 1.807) is 0 Å². The molecule has 0 aliphatic heterocycles. The van der Waals surface area contributed by atoms with Gasteiger partial charge in [0.05, 0.1) is 6.61 Å². The highest BCUT2D eigenvalue weighted by Crippen LogP contribution is 2.20. The minimum atomic E-state index is 0.110. The predicted molar refractivity (Wildman–Crippen MR) is 56.7 cm³/mol. The highest BCUT2D eigenvalue weighted by molar-refractivity contribution is 5.67. The molecule has 0 heterocycles. The van der Waals surface area contributed by atoms with Gasteiger partial charge in [0.25, 0.3) is 0 Å². The lowest BCUT2D eigenvalue weighted by Crippen LogP contribution is -1.89. The Kier molecular flexibility index (Phi) is 3.26. The molecule has 0 atom stereocenters. The Hall–Kier alpha value is -1.08. The van der Waals surface area contributed by atoms with E-state index in [4.69, 9.17) is 5.11 Å². The van der Waals surface area contributed by atoms with E-state index in [9.17, 15) is 0 Å². The number of aliphatic hydroxyl groups excluding tert-OH is 1. The van der Waals surface area contributed by atoms with Crippen molar-refractivity contribution >= 4 is 5.57 Å². The first-order valence-electron chi connectivity index (χ1n) is 4.51. The Labute approximate surface area is 79.7 Å². The summed E-state index contributed by atoms with van der Waals surface area (Å²) in [5, 5.41) is 8.78. The van der Waals surface area contributed by atoms with Crippen LogP contribution < -0.4 is 0 Å². The minimum absolute atomic E-state index is 0.110. The maximum atomic E-state index is 8.78. The van der Waals surface area contributed by atoms with E-state index in [1.807, 2.05) is 19.1 Å². The van der Waals surface area contributed by atoms with Gasteiger partial charge in [-0.2, -0.15) is 0 Å². The van der Waals surface area contributed by atoms with Crippen molar-refractivity contribution in [2.24, 2.45) is 0 Å². The van der Waals surface area contributed by atoms with E-state index in [0.29, 0.717) is 0 Å². The number of hydrogen-bond acceptors (Lipinski definition) is 1. The van der Waals surface area contributed by atoms with Gasteiger partial charge in [-0.15, -0.1) is 0 Å². The van der Waals surface area contributed by atoms with Crippen molar-refractivity contribution in [1.82, 2.24) is 0 Å². The number of allylic oxidation sites excluding steroid dienone is 1. The Balaban J connectivity index is 3.15. The van der Waals surface area contributed by atoms with Gasteiger partial charge >= 0.3 is 0 Å². The third kappa shape index (κ3) is 2.19. The van der Waals surface area contributed by atoms with E-state index in [2.05, 4.69) is 26.0 Å². The van der Waals surface area contributed by atoms with Crippen LogP contribution >= 0.6 is 0 Å². The highest BCUT2D eigenvalue weighted by atomic mass is 16.2. The van der Waals surface area contributed by atoms with E-state index < -0.39 is 0 Å². The fraction of sp³-hybridized carbons (Fsp3) is 0.333. The number of aliphatic hydroxyl groups is 1. The lowest BCUT2D eigenvalue weighted by molar-refractivity contribution is 0.343. The second-order valence-electron chi connectivity index (χ2n) is 3.32. The molecule has 1 aromatic carbocycles. The third-order valence-corrected chi connectivity index (χ3v) is 2.43. The summed E-state index contributed by atoms with van der Waals surface area (Å²) in [5.74, 6) is 0. The first-order valence-corrected chi connectivity index (χ1v) is 4.51. The average Bonchev–Trinajstić information content (AvgIpc) is 2.10. The number of aryl methyl sites for hydroxylation is 1. The molecule has 0 amide bonds. The second-order valence-corrected chi connectivity index (χ2v) is 3.32. The van der Waals surface area contributed by atoms with Crippen molar-refractivity contribution in [2.45, 2.75) is 20.8 Å². The summed E-state index contributed by atoms with van der Waals surface area (Å²) in [6.45, 7) is 6.35. The second kappa shape index (κ2) is 4.24. The van der Waals surface area contributed by atoms with Crippen LogP contribution in [0.4, 0.5) is 0 Å². The molecule has 1 N–H and O–H groups in total. The van der Waals surface area contributed by atoms with Crippen molar-refractivity contribution in [3.8, 4) is 0 Å². The van der Waals surface area contributed by atoms with E-state index in [-0.39, 0.29) is 6.61 Å². The van der Waals surface area contributed by atoms with Crippen LogP contribution in [-0.4, -0.2) is 11.7 Å². The van der Waals surface area contributed by atoms with Crippen LogP contribution in [0.2, 0.25) is 0 Å². The first kappa shape index (κ1) is 10.0. The van der Waals surface area contributed by atoms with Crippen LogP contribution in [0.3, 0.4) is 0 Å². The average molecular weight is 176 g/mol. The number of rotatable bonds is 2. The Bertz CT molecular complexity index is 324. The molecule has 0 saturated carbocycles. The quantitative estimate of drug-likeness (QED) is 0.734. The molecule has 1 rings (SSSR count). The lowest BCUT2D eigenvalue weighted by atomic mass is 9.98. The zero-order chi connectivity index (χ0) is 9.84. The molecule has 0 radical (unpaired) electrons. The van der Waals surface area contributed by atoms with E-state index in [1.165, 1.54) is 16.7 Å². The molecule has 0 aliphatic rings. The van der Waals surface area contributed by atoms with Gasteiger partial charge < -0.3 is 5.11 Å². The zero-order valence-electron chi connectivity index (χ0n) is 8.46. The van der Waals surface area contributed by atoms with Gasteiger partial charge in [0, 0.05) is 0 Å². The third-order valence-electron chi connectivity index (χ3n) is 2.43. The summed E-state index contributed by atoms with van der Waals surface area (Å²) in [5.41, 5.74) is 4.96. The lowest BCUT2D eigenvalue weighted by Gasteiger charge is -2.08. The van der Waals surface area contributed by atoms with Gasteiger partial charge in [0.1, 0.15) is 0 Å². The summed E-state index contributed by atoms with van der Waals surface area (Å²) in [6, 6.07) is 6.24. The van der Waals surface area contributed by atoms with E-state index >= 15 is 0 Å². The monoisotopic (exact) mass is 176 g/mol. The van der Waals surface area contributed by atoms with Crippen molar-refractivity contribution in [3.63, 3.8) is 0 Å². The standard InChI is InChI=1S/C12H16O/c1-9-5-4-6-12(11(9)3)10(2)7-8-13/h4-7,13H,8H2,1-3H3/b10-7-. The smallest absolute Gasteiger partial charge is 0.0618 e. The summed E-state index contributed by atoms with van der Waals surface area (Å²) in [4.78, 5) is 0. The molecule has 0 saturated heterocycles. The molecule has 0 fully saturated rings. The Morgan fingerprint density at radius 2 is 2.08 bits per heavy atom. The molecule has 0 bridgehead atoms. The molecule has 0 aliphatic carbocycles. The number of benzene rings is 1. The van der Waals surface area contributed by atoms with Crippen LogP contribution in [-0.2, 0) is 0 Å². The minimum Gasteiger partial charge on any atom is -0.392 e. The van der Waals surface area contributed by atoms with Crippen LogP contribution in [0, 0.1) is 13.8 Å². The van der Waals surface area contributed by atoms with Gasteiger partial charge in [-0.3, -0.25) is 0 Å². The molecule has 0 spiro atoms. The molecule has 1 aromatic rings. The van der Waals surface area contributed by atoms with Crippen molar-refractivity contribution in [3.05, 3.63) is 41.0 Å². The molecule has 70 valence electrons. The Morgan fingerprint density at radius 1 is 1.38 bits per heavy atom. The van der Waals surface area contributed by atoms with Crippen LogP contribution in [0.5, 0.6) is 0 Å². The topological polar surface area (TPSA) is 20.2 Å². The van der Waals surface area contributed by atoms with Gasteiger partial charge in [-0.1, -0.05) is 24.3 Å². The maximum Gasteiger partial charge on any atom is 0.0618 e. The molecule has 1 nitrogen and oxygen atoms in total. The number of hydrogen-bond donors (Lipinski definition) is 1. The fourth-order valence-corrected chi connectivity index (χ4v) is 1.43. The normalized spacial score (nSPS) is 11.8. The zero-order valence-corrected chi connectivity index (χ0v) is 8.46. The summed E-state index contributed by atoms with van der Waals surface area (Å²) in [7, 11) is 0. The van der Waals surface area contributed by atoms with Crippen molar-refractivity contribution in [2.75, 3.05) is 6.61 Å². The van der Waals surface area contributed by atoms with Gasteiger partial charge in [-0.05, 0) is 43.0 Å². The van der Waals surface area contributed by atoms with Gasteiger partial charge in [-0.25, -0.2) is 0 Å². The SMILES string of the molecule is C/C(=C/CO)c1cccc(C)c1C. The summed E-state index contributed by atoms with van der Waals surface area (Å²) in [6.07, 6.45) is 1.84. The molecule has 0 aromatic heterocycles. The van der Waals surface area contributed by atoms with Crippen LogP contribution in [0.15, 0.2) is 24.3 Å². The molecular weight excluding hydrogens is 160 g/mol. The molecular formula is C12H16O. The fourth-order valence-electron chi connectivity index (χ4n) is 1.43. The first-order chi connectivity index (χ1) is 6.16. The predicted octanol–water partition coefficient (Wildman–Crippen LogP) is 2.70.